The molecule has 0 aliphatic rings. The molecule has 1 amide bonds. The number of ether oxygens (including phenoxy) is 1. The number of methoxy groups -OCH3 is 1. The van der Waals surface area contributed by atoms with Gasteiger partial charge in [-0.2, -0.15) is 0 Å². The van der Waals surface area contributed by atoms with E-state index in [1.807, 2.05) is 24.3 Å². The number of unbranched alkanes of at least 4 members (excludes halogenated alkanes) is 2. The standard InChI is InChI=1S/C16H24N2O3.ClH/c1-21-16(20)9-3-2-6-12-18-15(19)11-10-13-7-4-5-8-14(13)17;/h4-5,7-8H,2-3,6,9-12,17H2,1H3,(H,18,19);1H. The van der Waals surface area contributed by atoms with Gasteiger partial charge in [0.15, 0.2) is 0 Å². The first-order valence-electron chi connectivity index (χ1n) is 7.30. The summed E-state index contributed by atoms with van der Waals surface area (Å²) < 4.78 is 4.56. The van der Waals surface area contributed by atoms with Gasteiger partial charge in [0.05, 0.1) is 7.11 Å². The van der Waals surface area contributed by atoms with Crippen LogP contribution in [0.25, 0.3) is 0 Å². The minimum absolute atomic E-state index is 0. The lowest BCUT2D eigenvalue weighted by atomic mass is 10.1. The molecule has 5 nitrogen and oxygen atoms in total. The van der Waals surface area contributed by atoms with Crippen LogP contribution in [0, 0.1) is 0 Å². The van der Waals surface area contributed by atoms with Gasteiger partial charge < -0.3 is 15.8 Å². The predicted molar refractivity (Wildman–Crippen MR) is 89.9 cm³/mol. The van der Waals surface area contributed by atoms with E-state index in [1.54, 1.807) is 0 Å². The monoisotopic (exact) mass is 328 g/mol. The Hall–Kier alpha value is -1.75. The summed E-state index contributed by atoms with van der Waals surface area (Å²) in [7, 11) is 1.39. The van der Waals surface area contributed by atoms with Gasteiger partial charge in [-0.15, -0.1) is 12.4 Å². The second-order valence-corrected chi connectivity index (χ2v) is 4.94. The number of esters is 1. The number of para-hydroxylation sites is 1. The molecule has 0 aromatic heterocycles. The third kappa shape index (κ3) is 8.52. The fraction of sp³-hybridized carbons (Fsp3) is 0.500. The summed E-state index contributed by atoms with van der Waals surface area (Å²) >= 11 is 0. The maximum Gasteiger partial charge on any atom is 0.305 e. The molecule has 1 rings (SSSR count). The molecule has 22 heavy (non-hydrogen) atoms. The van der Waals surface area contributed by atoms with Gasteiger partial charge in [-0.25, -0.2) is 0 Å². The van der Waals surface area contributed by atoms with Crippen molar-refractivity contribution in [3.8, 4) is 0 Å². The summed E-state index contributed by atoms with van der Waals surface area (Å²) in [5, 5.41) is 2.88. The van der Waals surface area contributed by atoms with Crippen LogP contribution >= 0.6 is 12.4 Å². The van der Waals surface area contributed by atoms with E-state index in [0.717, 1.165) is 30.5 Å². The molecule has 0 atom stereocenters. The Morgan fingerprint density at radius 2 is 1.86 bits per heavy atom. The Bertz CT molecular complexity index is 466. The Labute approximate surface area is 138 Å². The summed E-state index contributed by atoms with van der Waals surface area (Å²) in [6, 6.07) is 7.59. The molecule has 0 saturated heterocycles. The Balaban J connectivity index is 0.00000441. The molecule has 6 heteroatoms. The number of carbonyl (C=O) groups excluding carboxylic acids is 2. The largest absolute Gasteiger partial charge is 0.469 e. The molecule has 0 fully saturated rings. The lowest BCUT2D eigenvalue weighted by Gasteiger charge is -2.07. The van der Waals surface area contributed by atoms with E-state index in [9.17, 15) is 9.59 Å². The second kappa shape index (κ2) is 11.9. The van der Waals surface area contributed by atoms with Crippen molar-refractivity contribution in [2.45, 2.75) is 38.5 Å². The van der Waals surface area contributed by atoms with Crippen LogP contribution in [-0.4, -0.2) is 25.5 Å². The normalized spacial score (nSPS) is 9.68. The zero-order valence-electron chi connectivity index (χ0n) is 13.0. The van der Waals surface area contributed by atoms with Crippen LogP contribution in [0.15, 0.2) is 24.3 Å². The summed E-state index contributed by atoms with van der Waals surface area (Å²) in [5.41, 5.74) is 7.56. The maximum absolute atomic E-state index is 11.7. The number of amides is 1. The highest BCUT2D eigenvalue weighted by Gasteiger charge is 2.04. The second-order valence-electron chi connectivity index (χ2n) is 4.94. The van der Waals surface area contributed by atoms with Crippen LogP contribution in [0.2, 0.25) is 0 Å². The summed E-state index contributed by atoms with van der Waals surface area (Å²) in [6.45, 7) is 0.643. The fourth-order valence-corrected chi connectivity index (χ4v) is 2.00. The van der Waals surface area contributed by atoms with E-state index in [2.05, 4.69) is 10.1 Å². The highest BCUT2D eigenvalue weighted by atomic mass is 35.5. The summed E-state index contributed by atoms with van der Waals surface area (Å²) in [6.07, 6.45) is 4.11. The van der Waals surface area contributed by atoms with Crippen molar-refractivity contribution in [2.75, 3.05) is 19.4 Å². The van der Waals surface area contributed by atoms with Gasteiger partial charge in [0.25, 0.3) is 0 Å². The minimum Gasteiger partial charge on any atom is -0.469 e. The van der Waals surface area contributed by atoms with Gasteiger partial charge in [0.1, 0.15) is 0 Å². The fourth-order valence-electron chi connectivity index (χ4n) is 2.00. The van der Waals surface area contributed by atoms with Crippen LogP contribution in [0.4, 0.5) is 5.69 Å². The van der Waals surface area contributed by atoms with Gasteiger partial charge in [0, 0.05) is 25.1 Å². The first-order valence-corrected chi connectivity index (χ1v) is 7.30. The van der Waals surface area contributed by atoms with Gasteiger partial charge in [-0.3, -0.25) is 9.59 Å². The molecule has 1 aromatic carbocycles. The molecule has 3 N–H and O–H groups in total. The highest BCUT2D eigenvalue weighted by Crippen LogP contribution is 2.12. The Kier molecular flexibility index (Phi) is 10.9. The number of nitrogen functional groups attached to an aromatic ring is 1. The molecule has 1 aromatic rings. The number of aryl methyl sites for hydroxylation is 1. The average molecular weight is 329 g/mol. The van der Waals surface area contributed by atoms with Crippen molar-refractivity contribution in [3.63, 3.8) is 0 Å². The smallest absolute Gasteiger partial charge is 0.305 e. The van der Waals surface area contributed by atoms with Crippen molar-refractivity contribution >= 4 is 30.0 Å². The van der Waals surface area contributed by atoms with Crippen LogP contribution in [-0.2, 0) is 20.7 Å². The lowest BCUT2D eigenvalue weighted by Crippen LogP contribution is -2.24. The molecule has 0 saturated carbocycles. The number of hydrogen-bond acceptors (Lipinski definition) is 4. The van der Waals surface area contributed by atoms with Crippen LogP contribution in [0.5, 0.6) is 0 Å². The molecule has 0 radical (unpaired) electrons. The van der Waals surface area contributed by atoms with Crippen molar-refractivity contribution in [2.24, 2.45) is 0 Å². The minimum atomic E-state index is -0.181. The van der Waals surface area contributed by atoms with Crippen LogP contribution < -0.4 is 11.1 Å². The molecule has 0 heterocycles. The zero-order valence-corrected chi connectivity index (χ0v) is 13.8. The van der Waals surface area contributed by atoms with Crippen LogP contribution in [0.3, 0.4) is 0 Å². The molecule has 0 unspecified atom stereocenters. The number of rotatable bonds is 9. The molecule has 0 bridgehead atoms. The lowest BCUT2D eigenvalue weighted by molar-refractivity contribution is -0.140. The number of carbonyl (C=O) groups is 2. The van der Waals surface area contributed by atoms with Gasteiger partial charge >= 0.3 is 5.97 Å². The van der Waals surface area contributed by atoms with Crippen molar-refractivity contribution in [3.05, 3.63) is 29.8 Å². The number of nitrogens with one attached hydrogen (secondary N) is 1. The number of anilines is 1. The molecule has 0 aliphatic carbocycles. The zero-order chi connectivity index (χ0) is 15.5. The number of benzene rings is 1. The van der Waals surface area contributed by atoms with E-state index < -0.39 is 0 Å². The molecule has 124 valence electrons. The number of hydrogen-bond donors (Lipinski definition) is 2. The van der Waals surface area contributed by atoms with Gasteiger partial charge in [0.2, 0.25) is 5.91 Å². The van der Waals surface area contributed by atoms with E-state index in [-0.39, 0.29) is 24.3 Å². The number of halogens is 1. The maximum atomic E-state index is 11.7. The van der Waals surface area contributed by atoms with E-state index >= 15 is 0 Å². The van der Waals surface area contributed by atoms with Crippen molar-refractivity contribution in [1.82, 2.24) is 5.32 Å². The summed E-state index contributed by atoms with van der Waals surface area (Å²) in [4.78, 5) is 22.6. The SMILES string of the molecule is COC(=O)CCCCCNC(=O)CCc1ccccc1N.Cl. The molecular formula is C16H25ClN2O3. The first-order chi connectivity index (χ1) is 10.1. The third-order valence-electron chi connectivity index (χ3n) is 3.28. The predicted octanol–water partition coefficient (Wildman–Crippen LogP) is 2.47. The molecular weight excluding hydrogens is 304 g/mol. The van der Waals surface area contributed by atoms with E-state index in [4.69, 9.17) is 5.73 Å². The quantitative estimate of drug-likeness (QED) is 0.414. The average Bonchev–Trinajstić information content (AvgIpc) is 2.49. The molecule has 0 spiro atoms. The topological polar surface area (TPSA) is 81.4 Å². The van der Waals surface area contributed by atoms with Gasteiger partial charge in [-0.1, -0.05) is 24.6 Å². The third-order valence-corrected chi connectivity index (χ3v) is 3.28. The highest BCUT2D eigenvalue weighted by molar-refractivity contribution is 5.85. The summed E-state index contributed by atoms with van der Waals surface area (Å²) in [5.74, 6) is -0.147. The van der Waals surface area contributed by atoms with Crippen molar-refractivity contribution < 1.29 is 14.3 Å². The Morgan fingerprint density at radius 3 is 2.55 bits per heavy atom. The Morgan fingerprint density at radius 1 is 1.14 bits per heavy atom. The van der Waals surface area contributed by atoms with Gasteiger partial charge in [-0.05, 0) is 30.9 Å². The molecule has 0 aliphatic heterocycles. The number of nitrogens with two attached hydrogens (primary N) is 1. The van der Waals surface area contributed by atoms with E-state index in [1.165, 1.54) is 7.11 Å². The van der Waals surface area contributed by atoms with Crippen LogP contribution in [0.1, 0.15) is 37.7 Å². The van der Waals surface area contributed by atoms with Crippen molar-refractivity contribution in [1.29, 1.82) is 0 Å². The van der Waals surface area contributed by atoms with E-state index in [0.29, 0.717) is 25.8 Å². The first kappa shape index (κ1) is 20.2.